The zero-order chi connectivity index (χ0) is 12.8. The minimum atomic E-state index is 0.598. The predicted molar refractivity (Wildman–Crippen MR) is 70.5 cm³/mol. The van der Waals surface area contributed by atoms with Crippen LogP contribution in [0.5, 0.6) is 0 Å². The second-order valence-electron chi connectivity index (χ2n) is 4.94. The SMILES string of the molecule is CCN1CCCC1Cc1nc(CCCNC)no1. The quantitative estimate of drug-likeness (QED) is 0.740. The van der Waals surface area contributed by atoms with Crippen LogP contribution < -0.4 is 5.32 Å². The van der Waals surface area contributed by atoms with E-state index in [9.17, 15) is 0 Å². The Hall–Kier alpha value is -0.940. The Morgan fingerprint density at radius 2 is 2.39 bits per heavy atom. The van der Waals surface area contributed by atoms with E-state index in [1.165, 1.54) is 19.4 Å². The summed E-state index contributed by atoms with van der Waals surface area (Å²) in [4.78, 5) is 6.99. The minimum Gasteiger partial charge on any atom is -0.339 e. The maximum Gasteiger partial charge on any atom is 0.228 e. The second-order valence-corrected chi connectivity index (χ2v) is 4.94. The Labute approximate surface area is 109 Å². The van der Waals surface area contributed by atoms with Crippen molar-refractivity contribution >= 4 is 0 Å². The van der Waals surface area contributed by atoms with Gasteiger partial charge in [-0.3, -0.25) is 0 Å². The zero-order valence-electron chi connectivity index (χ0n) is 11.5. The molecule has 1 atom stereocenters. The summed E-state index contributed by atoms with van der Waals surface area (Å²) in [5.41, 5.74) is 0. The maximum atomic E-state index is 5.34. The summed E-state index contributed by atoms with van der Waals surface area (Å²) in [6, 6.07) is 0.598. The molecule has 102 valence electrons. The number of rotatable bonds is 7. The lowest BCUT2D eigenvalue weighted by Crippen LogP contribution is -2.30. The van der Waals surface area contributed by atoms with Gasteiger partial charge in [-0.05, 0) is 45.9 Å². The third-order valence-electron chi connectivity index (χ3n) is 3.65. The van der Waals surface area contributed by atoms with Gasteiger partial charge in [0.15, 0.2) is 5.82 Å². The monoisotopic (exact) mass is 252 g/mol. The Balaban J connectivity index is 1.82. The largest absolute Gasteiger partial charge is 0.339 e. The molecule has 1 saturated heterocycles. The molecule has 1 aliphatic heterocycles. The van der Waals surface area contributed by atoms with Crippen LogP contribution in [0.1, 0.15) is 37.9 Å². The number of aryl methyl sites for hydroxylation is 1. The third kappa shape index (κ3) is 3.53. The molecule has 1 aromatic heterocycles. The van der Waals surface area contributed by atoms with E-state index in [2.05, 4.69) is 27.3 Å². The van der Waals surface area contributed by atoms with Gasteiger partial charge in [0.1, 0.15) is 0 Å². The lowest BCUT2D eigenvalue weighted by atomic mass is 10.1. The predicted octanol–water partition coefficient (Wildman–Crippen LogP) is 1.25. The van der Waals surface area contributed by atoms with Gasteiger partial charge in [0.25, 0.3) is 0 Å². The Morgan fingerprint density at radius 3 is 3.17 bits per heavy atom. The molecule has 0 saturated carbocycles. The van der Waals surface area contributed by atoms with Crippen molar-refractivity contribution in [2.45, 2.75) is 45.1 Å². The van der Waals surface area contributed by atoms with E-state index in [1.807, 2.05) is 7.05 Å². The minimum absolute atomic E-state index is 0.598. The van der Waals surface area contributed by atoms with Crippen molar-refractivity contribution in [1.29, 1.82) is 0 Å². The smallest absolute Gasteiger partial charge is 0.228 e. The first kappa shape index (κ1) is 13.5. The molecule has 0 bridgehead atoms. The highest BCUT2D eigenvalue weighted by molar-refractivity contribution is 4.92. The molecule has 1 unspecified atom stereocenters. The van der Waals surface area contributed by atoms with Crippen molar-refractivity contribution in [2.24, 2.45) is 0 Å². The summed E-state index contributed by atoms with van der Waals surface area (Å²) in [5.74, 6) is 1.65. The van der Waals surface area contributed by atoms with E-state index < -0.39 is 0 Å². The molecule has 1 aromatic rings. The first-order valence-corrected chi connectivity index (χ1v) is 7.03. The molecule has 18 heavy (non-hydrogen) atoms. The van der Waals surface area contributed by atoms with Gasteiger partial charge < -0.3 is 14.7 Å². The number of nitrogens with zero attached hydrogens (tertiary/aromatic N) is 3. The number of nitrogens with one attached hydrogen (secondary N) is 1. The van der Waals surface area contributed by atoms with Gasteiger partial charge in [0.2, 0.25) is 5.89 Å². The van der Waals surface area contributed by atoms with Crippen molar-refractivity contribution in [3.05, 3.63) is 11.7 Å². The molecule has 0 aromatic carbocycles. The van der Waals surface area contributed by atoms with Gasteiger partial charge in [-0.25, -0.2) is 0 Å². The van der Waals surface area contributed by atoms with E-state index in [0.29, 0.717) is 6.04 Å². The molecule has 1 fully saturated rings. The molecular formula is C13H24N4O. The fraction of sp³-hybridized carbons (Fsp3) is 0.846. The summed E-state index contributed by atoms with van der Waals surface area (Å²) in [7, 11) is 1.96. The fourth-order valence-electron chi connectivity index (χ4n) is 2.64. The van der Waals surface area contributed by atoms with E-state index in [4.69, 9.17) is 4.52 Å². The van der Waals surface area contributed by atoms with Crippen LogP contribution in [0.4, 0.5) is 0 Å². The number of likely N-dealkylation sites (N-methyl/N-ethyl adjacent to an activating group) is 1. The number of hydrogen-bond acceptors (Lipinski definition) is 5. The molecule has 0 spiro atoms. The average molecular weight is 252 g/mol. The summed E-state index contributed by atoms with van der Waals surface area (Å²) >= 11 is 0. The van der Waals surface area contributed by atoms with Crippen molar-refractivity contribution in [3.8, 4) is 0 Å². The van der Waals surface area contributed by atoms with Crippen LogP contribution in [0, 0.1) is 0 Å². The van der Waals surface area contributed by atoms with Gasteiger partial charge in [-0.2, -0.15) is 4.98 Å². The van der Waals surface area contributed by atoms with Gasteiger partial charge in [-0.15, -0.1) is 0 Å². The van der Waals surface area contributed by atoms with Crippen LogP contribution in [-0.4, -0.2) is 47.8 Å². The topological polar surface area (TPSA) is 54.2 Å². The summed E-state index contributed by atoms with van der Waals surface area (Å²) < 4.78 is 5.34. The van der Waals surface area contributed by atoms with Crippen LogP contribution in [0.25, 0.3) is 0 Å². The summed E-state index contributed by atoms with van der Waals surface area (Å²) in [6.45, 7) is 5.55. The summed E-state index contributed by atoms with van der Waals surface area (Å²) in [6.07, 6.45) is 5.41. The van der Waals surface area contributed by atoms with E-state index in [0.717, 1.165) is 44.1 Å². The molecule has 5 nitrogen and oxygen atoms in total. The second kappa shape index (κ2) is 6.85. The first-order valence-electron chi connectivity index (χ1n) is 7.03. The number of aromatic nitrogens is 2. The first-order chi connectivity index (χ1) is 8.83. The van der Waals surface area contributed by atoms with Gasteiger partial charge in [0.05, 0.1) is 0 Å². The van der Waals surface area contributed by atoms with Crippen molar-refractivity contribution in [2.75, 3.05) is 26.7 Å². The van der Waals surface area contributed by atoms with Crippen molar-refractivity contribution < 1.29 is 4.52 Å². The van der Waals surface area contributed by atoms with Crippen LogP contribution >= 0.6 is 0 Å². The molecule has 0 amide bonds. The highest BCUT2D eigenvalue weighted by Gasteiger charge is 2.25. The molecule has 5 heteroatoms. The van der Waals surface area contributed by atoms with Gasteiger partial charge in [-0.1, -0.05) is 12.1 Å². The molecule has 2 heterocycles. The van der Waals surface area contributed by atoms with Crippen LogP contribution in [-0.2, 0) is 12.8 Å². The van der Waals surface area contributed by atoms with E-state index in [1.54, 1.807) is 0 Å². The number of likely N-dealkylation sites (tertiary alicyclic amines) is 1. The van der Waals surface area contributed by atoms with Crippen molar-refractivity contribution in [3.63, 3.8) is 0 Å². The van der Waals surface area contributed by atoms with E-state index >= 15 is 0 Å². The van der Waals surface area contributed by atoms with Crippen LogP contribution in [0.3, 0.4) is 0 Å². The number of hydrogen-bond donors (Lipinski definition) is 1. The average Bonchev–Trinajstić information content (AvgIpc) is 2.99. The highest BCUT2D eigenvalue weighted by atomic mass is 16.5. The molecule has 0 radical (unpaired) electrons. The van der Waals surface area contributed by atoms with Crippen LogP contribution in [0.15, 0.2) is 4.52 Å². The zero-order valence-corrected chi connectivity index (χ0v) is 11.5. The van der Waals surface area contributed by atoms with Crippen molar-refractivity contribution in [1.82, 2.24) is 20.4 Å². The Kier molecular flexibility index (Phi) is 5.13. The summed E-state index contributed by atoms with van der Waals surface area (Å²) in [5, 5.41) is 7.17. The lowest BCUT2D eigenvalue weighted by molar-refractivity contribution is 0.246. The fourth-order valence-corrected chi connectivity index (χ4v) is 2.64. The lowest BCUT2D eigenvalue weighted by Gasteiger charge is -2.20. The molecule has 1 N–H and O–H groups in total. The van der Waals surface area contributed by atoms with E-state index in [-0.39, 0.29) is 0 Å². The maximum absolute atomic E-state index is 5.34. The molecular weight excluding hydrogens is 228 g/mol. The van der Waals surface area contributed by atoms with Crippen LogP contribution in [0.2, 0.25) is 0 Å². The van der Waals surface area contributed by atoms with Gasteiger partial charge >= 0.3 is 0 Å². The Bertz CT molecular complexity index is 353. The highest BCUT2D eigenvalue weighted by Crippen LogP contribution is 2.20. The molecule has 0 aliphatic carbocycles. The van der Waals surface area contributed by atoms with Gasteiger partial charge in [0, 0.05) is 18.9 Å². The standard InChI is InChI=1S/C13H24N4O/c1-3-17-9-5-6-11(17)10-13-15-12(16-18-13)7-4-8-14-2/h11,14H,3-10H2,1-2H3. The third-order valence-corrected chi connectivity index (χ3v) is 3.65. The Morgan fingerprint density at radius 1 is 1.50 bits per heavy atom. The molecule has 1 aliphatic rings. The normalized spacial score (nSPS) is 20.7. The molecule has 2 rings (SSSR count).